The predicted octanol–water partition coefficient (Wildman–Crippen LogP) is 18.1. The smallest absolute Gasteiger partial charge is 0.363 e. The van der Waals surface area contributed by atoms with E-state index in [0.29, 0.717) is 0 Å². The Morgan fingerprint density at radius 2 is 0.671 bits per heavy atom. The number of benzene rings is 6. The van der Waals surface area contributed by atoms with Gasteiger partial charge in [-0.1, -0.05) is 162 Å². The summed E-state index contributed by atoms with van der Waals surface area (Å²) in [5.41, 5.74) is 9.11. The molecular weight excluding hydrogens is 1370 g/mol. The molecule has 0 aliphatic rings. The Morgan fingerprint density at radius 1 is 0.341 bits per heavy atom. The van der Waals surface area contributed by atoms with Crippen LogP contribution in [-0.4, -0.2) is 38.3 Å². The average molecular weight is 1440 g/mol. The summed E-state index contributed by atoms with van der Waals surface area (Å²) in [6.45, 7) is 25.9. The quantitative estimate of drug-likeness (QED) is 0.142. The van der Waals surface area contributed by atoms with Gasteiger partial charge in [-0.2, -0.15) is 59.7 Å². The van der Waals surface area contributed by atoms with Gasteiger partial charge >= 0.3 is 42.1 Å². The minimum atomic E-state index is 0. The number of para-hydroxylation sites is 4. The minimum absolute atomic E-state index is 0. The van der Waals surface area contributed by atoms with Gasteiger partial charge < -0.3 is 28.4 Å². The Balaban J connectivity index is 0.000000139. The van der Waals surface area contributed by atoms with Gasteiger partial charge in [-0.25, -0.2) is 9.97 Å². The maximum atomic E-state index is 4.76. The Labute approximate surface area is 510 Å². The van der Waals surface area contributed by atoms with E-state index in [4.69, 9.17) is 9.97 Å². The fourth-order valence-electron chi connectivity index (χ4n) is 10.3. The molecule has 416 valence electrons. The molecule has 0 radical (unpaired) electrons. The Kier molecular flexibility index (Phi) is 16.9. The van der Waals surface area contributed by atoms with Crippen molar-refractivity contribution in [2.24, 2.45) is 0 Å². The summed E-state index contributed by atoms with van der Waals surface area (Å²) in [6, 6.07) is 66.5. The van der Waals surface area contributed by atoms with E-state index < -0.39 is 0 Å². The molecule has 0 N–H and O–H groups in total. The molecule has 82 heavy (non-hydrogen) atoms. The SMILES string of the molecule is CC(C)(C)c1[c-]nn(C(C)(C)C)c1.CC(C)(C)c1[c-]nn(C(C)(C)C)c1.[Pt+2].[Pt+2].[c-]1cccc2c3cccc4c5ccccc5ccc5cccnc5n(c12)c43.[c-]1cccc2c3cccc4c5ccccc5ccc5cccnc5n(c12)c43. The molecule has 6 aromatic carbocycles. The first-order chi connectivity index (χ1) is 38.3. The number of hydrogen-bond donors (Lipinski definition) is 0. The fourth-order valence-corrected chi connectivity index (χ4v) is 10.3. The van der Waals surface area contributed by atoms with Crippen LogP contribution in [0.1, 0.15) is 94.2 Å². The molecule has 8 heterocycles. The van der Waals surface area contributed by atoms with Crippen molar-refractivity contribution in [1.29, 1.82) is 0 Å². The van der Waals surface area contributed by atoms with E-state index in [1.54, 1.807) is 0 Å². The van der Waals surface area contributed by atoms with Gasteiger partial charge in [-0.15, -0.1) is 35.6 Å². The predicted molar refractivity (Wildman–Crippen MR) is 335 cm³/mol. The molecule has 10 heteroatoms. The van der Waals surface area contributed by atoms with E-state index in [1.807, 2.05) is 46.0 Å². The second kappa shape index (κ2) is 23.4. The summed E-state index contributed by atoms with van der Waals surface area (Å²) >= 11 is 0. The molecule has 14 rings (SSSR count). The summed E-state index contributed by atoms with van der Waals surface area (Å²) in [5, 5.41) is 22.9. The van der Waals surface area contributed by atoms with Gasteiger partial charge in [0.1, 0.15) is 11.3 Å². The molecule has 0 spiro atoms. The minimum Gasteiger partial charge on any atom is -0.363 e. The van der Waals surface area contributed by atoms with Crippen LogP contribution in [0.2, 0.25) is 0 Å². The molecule has 0 aliphatic carbocycles. The normalized spacial score (nSPS) is 12.0. The maximum absolute atomic E-state index is 4.76. The summed E-state index contributed by atoms with van der Waals surface area (Å²) in [4.78, 5) is 9.53. The third-order valence-electron chi connectivity index (χ3n) is 14.7. The van der Waals surface area contributed by atoms with Crippen molar-refractivity contribution in [3.05, 3.63) is 230 Å². The maximum Gasteiger partial charge on any atom is 2.00 e. The first kappa shape index (κ1) is 59.1. The van der Waals surface area contributed by atoms with Crippen LogP contribution in [0.5, 0.6) is 0 Å². The fraction of sp³-hybridized carbons (Fsp3) is 0.222. The standard InChI is InChI=1S/2C25H15N2.2C11H19N2.2Pt/c2*1-2-9-19-17(7-1)14-15-18-8-6-16-26-25(18)27-23-13-4-3-10-20(23)22-12-5-11-21(19)24(22)27;2*1-10(2,3)9-7-12-13(8-9)11(4,5)6;;/h2*1-12,14-16H;2*8H,1-6H3;;/q4*-1;2*+2. The number of hydrogen-bond acceptors (Lipinski definition) is 4. The number of rotatable bonds is 0. The number of nitrogens with zero attached hydrogens (tertiary/aromatic N) is 8. The Morgan fingerprint density at radius 3 is 1.02 bits per heavy atom. The third-order valence-corrected chi connectivity index (χ3v) is 14.7. The van der Waals surface area contributed by atoms with Gasteiger partial charge in [0.2, 0.25) is 0 Å². The van der Waals surface area contributed by atoms with E-state index >= 15 is 0 Å². The van der Waals surface area contributed by atoms with Crippen molar-refractivity contribution < 1.29 is 42.1 Å². The molecule has 0 bridgehead atoms. The van der Waals surface area contributed by atoms with Crippen molar-refractivity contribution in [1.82, 2.24) is 38.3 Å². The molecule has 8 aromatic heterocycles. The van der Waals surface area contributed by atoms with Crippen molar-refractivity contribution in [2.75, 3.05) is 0 Å². The van der Waals surface area contributed by atoms with Crippen molar-refractivity contribution in [3.63, 3.8) is 0 Å². The largest absolute Gasteiger partial charge is 2.00 e. The van der Waals surface area contributed by atoms with Crippen LogP contribution in [0.3, 0.4) is 0 Å². The Bertz CT molecular complexity index is 4310. The number of aromatic nitrogens is 8. The molecule has 0 unspecified atom stereocenters. The topological polar surface area (TPSA) is 70.2 Å². The molecule has 0 amide bonds. The molecule has 0 atom stereocenters. The summed E-state index contributed by atoms with van der Waals surface area (Å²) in [7, 11) is 0. The van der Waals surface area contributed by atoms with Crippen molar-refractivity contribution in [2.45, 2.75) is 105 Å². The third kappa shape index (κ3) is 11.6. The van der Waals surface area contributed by atoms with Crippen LogP contribution >= 0.6 is 0 Å². The summed E-state index contributed by atoms with van der Waals surface area (Å²) < 4.78 is 8.46. The van der Waals surface area contributed by atoms with Crippen LogP contribution in [0, 0.1) is 24.5 Å². The van der Waals surface area contributed by atoms with Crippen LogP contribution < -0.4 is 0 Å². The Hall–Kier alpha value is -7.50. The molecular formula is C72H68N8Pt2. The van der Waals surface area contributed by atoms with Gasteiger partial charge in [0.05, 0.1) is 0 Å². The zero-order valence-electron chi connectivity index (χ0n) is 48.7. The second-order valence-corrected chi connectivity index (χ2v) is 24.7. The van der Waals surface area contributed by atoms with Gasteiger partial charge in [0.15, 0.2) is 0 Å². The number of fused-ring (bicyclic) bond motifs is 14. The van der Waals surface area contributed by atoms with Crippen LogP contribution in [0.25, 0.3) is 98.0 Å². The van der Waals surface area contributed by atoms with E-state index in [9.17, 15) is 0 Å². The van der Waals surface area contributed by atoms with E-state index in [1.165, 1.54) is 76.0 Å². The van der Waals surface area contributed by atoms with Gasteiger partial charge in [0, 0.05) is 56.0 Å². The molecule has 8 nitrogen and oxygen atoms in total. The average Bonchev–Trinajstić information content (AvgIpc) is 2.15. The second-order valence-electron chi connectivity index (χ2n) is 24.7. The first-order valence-electron chi connectivity index (χ1n) is 27.6. The van der Waals surface area contributed by atoms with E-state index in [0.717, 1.165) is 33.1 Å². The van der Waals surface area contributed by atoms with E-state index in [-0.39, 0.29) is 64.0 Å². The molecule has 0 aliphatic heterocycles. The van der Waals surface area contributed by atoms with Crippen LogP contribution in [0.4, 0.5) is 0 Å². The van der Waals surface area contributed by atoms with Crippen LogP contribution in [0.15, 0.2) is 195 Å². The molecule has 0 saturated carbocycles. The summed E-state index contributed by atoms with van der Waals surface area (Å²) in [6.07, 6.45) is 14.0. The summed E-state index contributed by atoms with van der Waals surface area (Å²) in [5.74, 6) is 0. The molecule has 14 aromatic rings. The van der Waals surface area contributed by atoms with Crippen molar-refractivity contribution in [3.8, 4) is 0 Å². The zero-order chi connectivity index (χ0) is 56.1. The molecule has 0 fully saturated rings. The molecule has 0 saturated heterocycles. The van der Waals surface area contributed by atoms with Crippen molar-refractivity contribution >= 4 is 98.0 Å². The first-order valence-corrected chi connectivity index (χ1v) is 27.6. The zero-order valence-corrected chi connectivity index (χ0v) is 53.2. The monoisotopic (exact) mass is 1430 g/mol. The van der Waals surface area contributed by atoms with Gasteiger partial charge in [-0.3, -0.25) is 0 Å². The number of pyridine rings is 2. The van der Waals surface area contributed by atoms with Gasteiger partial charge in [-0.05, 0) is 109 Å². The van der Waals surface area contributed by atoms with Gasteiger partial charge in [0.25, 0.3) is 0 Å². The van der Waals surface area contributed by atoms with E-state index in [2.05, 4.69) is 285 Å². The van der Waals surface area contributed by atoms with Crippen LogP contribution in [-0.2, 0) is 64.0 Å².